The van der Waals surface area contributed by atoms with Crippen LogP contribution in [0.1, 0.15) is 19.6 Å². The quantitative estimate of drug-likeness (QED) is 0.218. The molecule has 0 radical (unpaired) electrons. The molecule has 0 fully saturated rings. The van der Waals surface area contributed by atoms with Gasteiger partial charge in [-0.25, -0.2) is 0 Å². The van der Waals surface area contributed by atoms with E-state index in [2.05, 4.69) is 5.32 Å². The SMILES string of the molecule is COc1cc([N+](=O)[O-])ccc1-c1ccc(/C=C(/C#N)C(=O)Nc2cccc(OC(C)C)c2)o1. The lowest BCUT2D eigenvalue weighted by Gasteiger charge is -2.11. The third-order valence-electron chi connectivity index (χ3n) is 4.40. The Bertz CT molecular complexity index is 1250. The van der Waals surface area contributed by atoms with Gasteiger partial charge in [-0.3, -0.25) is 14.9 Å². The molecular formula is C24H21N3O6. The van der Waals surface area contributed by atoms with Crippen molar-refractivity contribution in [1.29, 1.82) is 5.26 Å². The smallest absolute Gasteiger partial charge is 0.273 e. The molecule has 1 amide bonds. The Hall–Kier alpha value is -4.58. The van der Waals surface area contributed by atoms with Crippen LogP contribution in [0, 0.1) is 21.4 Å². The van der Waals surface area contributed by atoms with Crippen molar-refractivity contribution in [2.75, 3.05) is 12.4 Å². The summed E-state index contributed by atoms with van der Waals surface area (Å²) in [6.45, 7) is 3.79. The molecule has 9 nitrogen and oxygen atoms in total. The molecule has 33 heavy (non-hydrogen) atoms. The highest BCUT2D eigenvalue weighted by Crippen LogP contribution is 2.34. The second-order valence-electron chi connectivity index (χ2n) is 7.16. The Morgan fingerprint density at radius 2 is 2.00 bits per heavy atom. The number of anilines is 1. The van der Waals surface area contributed by atoms with Gasteiger partial charge in [0.2, 0.25) is 0 Å². The number of hydrogen-bond acceptors (Lipinski definition) is 7. The summed E-state index contributed by atoms with van der Waals surface area (Å²) < 4.78 is 16.6. The average Bonchev–Trinajstić information content (AvgIpc) is 3.25. The minimum absolute atomic E-state index is 0.0203. The minimum Gasteiger partial charge on any atom is -0.496 e. The van der Waals surface area contributed by atoms with Gasteiger partial charge >= 0.3 is 0 Å². The number of ether oxygens (including phenoxy) is 2. The first kappa shape index (κ1) is 23.1. The van der Waals surface area contributed by atoms with E-state index in [4.69, 9.17) is 13.9 Å². The highest BCUT2D eigenvalue weighted by molar-refractivity contribution is 6.09. The number of nitrogens with zero attached hydrogens (tertiary/aromatic N) is 2. The third kappa shape index (κ3) is 5.77. The number of amides is 1. The van der Waals surface area contributed by atoms with E-state index >= 15 is 0 Å². The lowest BCUT2D eigenvalue weighted by Crippen LogP contribution is -2.13. The van der Waals surface area contributed by atoms with Crippen LogP contribution in [0.15, 0.2) is 64.6 Å². The number of rotatable bonds is 8. The van der Waals surface area contributed by atoms with Crippen LogP contribution < -0.4 is 14.8 Å². The topological polar surface area (TPSA) is 128 Å². The van der Waals surface area contributed by atoms with E-state index in [1.807, 2.05) is 19.9 Å². The largest absolute Gasteiger partial charge is 0.496 e. The standard InChI is InChI=1S/C24H21N3O6/c1-15(2)32-19-6-4-5-17(12-19)26-24(28)16(14-25)11-20-8-10-22(33-20)21-9-7-18(27(29)30)13-23(21)31-3/h4-13,15H,1-3H3,(H,26,28)/b16-11-. The molecule has 0 spiro atoms. The van der Waals surface area contributed by atoms with Gasteiger partial charge in [-0.05, 0) is 44.2 Å². The summed E-state index contributed by atoms with van der Waals surface area (Å²) >= 11 is 0. The number of methoxy groups -OCH3 is 1. The Morgan fingerprint density at radius 3 is 2.67 bits per heavy atom. The highest BCUT2D eigenvalue weighted by Gasteiger charge is 2.16. The fraction of sp³-hybridized carbons (Fsp3) is 0.167. The molecule has 0 aliphatic heterocycles. The van der Waals surface area contributed by atoms with Gasteiger partial charge in [0.1, 0.15) is 34.7 Å². The van der Waals surface area contributed by atoms with Crippen LogP contribution in [0.2, 0.25) is 0 Å². The molecule has 3 rings (SSSR count). The zero-order valence-electron chi connectivity index (χ0n) is 18.2. The van der Waals surface area contributed by atoms with Crippen molar-refractivity contribution >= 4 is 23.4 Å². The maximum atomic E-state index is 12.6. The molecular weight excluding hydrogens is 426 g/mol. The van der Waals surface area contributed by atoms with Crippen LogP contribution in [-0.4, -0.2) is 24.0 Å². The molecule has 1 heterocycles. The highest BCUT2D eigenvalue weighted by atomic mass is 16.6. The van der Waals surface area contributed by atoms with Gasteiger partial charge < -0.3 is 19.2 Å². The van der Waals surface area contributed by atoms with E-state index in [-0.39, 0.29) is 28.9 Å². The molecule has 0 unspecified atom stereocenters. The maximum Gasteiger partial charge on any atom is 0.273 e. The monoisotopic (exact) mass is 447 g/mol. The van der Waals surface area contributed by atoms with Crippen molar-refractivity contribution in [2.45, 2.75) is 20.0 Å². The second kappa shape index (κ2) is 10.2. The van der Waals surface area contributed by atoms with Crippen molar-refractivity contribution < 1.29 is 23.6 Å². The summed E-state index contributed by atoms with van der Waals surface area (Å²) in [5, 5.41) is 23.1. The normalized spacial score (nSPS) is 11.1. The van der Waals surface area contributed by atoms with E-state index in [1.54, 1.807) is 36.4 Å². The number of nitrogens with one attached hydrogen (secondary N) is 1. The second-order valence-corrected chi connectivity index (χ2v) is 7.16. The Labute approximate surface area is 190 Å². The zero-order chi connectivity index (χ0) is 24.0. The number of carbonyl (C=O) groups excluding carboxylic acids is 1. The van der Waals surface area contributed by atoms with E-state index in [0.717, 1.165) is 0 Å². The molecule has 1 aromatic heterocycles. The molecule has 0 saturated carbocycles. The first-order chi connectivity index (χ1) is 15.8. The van der Waals surface area contributed by atoms with E-state index in [9.17, 15) is 20.2 Å². The van der Waals surface area contributed by atoms with E-state index < -0.39 is 10.8 Å². The number of furan rings is 1. The molecule has 0 atom stereocenters. The first-order valence-electron chi connectivity index (χ1n) is 9.93. The fourth-order valence-electron chi connectivity index (χ4n) is 2.98. The van der Waals surface area contributed by atoms with Gasteiger partial charge in [0.25, 0.3) is 11.6 Å². The Morgan fingerprint density at radius 1 is 1.21 bits per heavy atom. The summed E-state index contributed by atoms with van der Waals surface area (Å²) in [6, 6.07) is 16.1. The van der Waals surface area contributed by atoms with Gasteiger partial charge in [0.15, 0.2) is 0 Å². The molecule has 9 heteroatoms. The maximum absolute atomic E-state index is 12.6. The summed E-state index contributed by atoms with van der Waals surface area (Å²) in [5.74, 6) is 0.872. The van der Waals surface area contributed by atoms with Crippen molar-refractivity contribution in [3.63, 3.8) is 0 Å². The van der Waals surface area contributed by atoms with Gasteiger partial charge in [-0.15, -0.1) is 0 Å². The number of non-ortho nitro benzene ring substituents is 1. The van der Waals surface area contributed by atoms with Crippen LogP contribution >= 0.6 is 0 Å². The predicted molar refractivity (Wildman–Crippen MR) is 122 cm³/mol. The summed E-state index contributed by atoms with van der Waals surface area (Å²) in [7, 11) is 1.39. The minimum atomic E-state index is -0.606. The Balaban J connectivity index is 1.81. The molecule has 0 aliphatic rings. The number of hydrogen-bond donors (Lipinski definition) is 1. The third-order valence-corrected chi connectivity index (χ3v) is 4.40. The van der Waals surface area contributed by atoms with Crippen LogP contribution in [-0.2, 0) is 4.79 Å². The van der Waals surface area contributed by atoms with Crippen LogP contribution in [0.25, 0.3) is 17.4 Å². The molecule has 3 aromatic rings. The van der Waals surface area contributed by atoms with Crippen molar-refractivity contribution in [3.05, 3.63) is 76.0 Å². The molecule has 0 bridgehead atoms. The Kier molecular flexibility index (Phi) is 7.10. The van der Waals surface area contributed by atoms with Crippen LogP contribution in [0.3, 0.4) is 0 Å². The van der Waals surface area contributed by atoms with E-state index in [0.29, 0.717) is 22.8 Å². The van der Waals surface area contributed by atoms with Gasteiger partial charge in [0.05, 0.1) is 29.8 Å². The van der Waals surface area contributed by atoms with Crippen molar-refractivity contribution in [3.8, 4) is 28.9 Å². The molecule has 168 valence electrons. The van der Waals surface area contributed by atoms with Gasteiger partial charge in [-0.2, -0.15) is 5.26 Å². The summed E-state index contributed by atoms with van der Waals surface area (Å²) in [6.07, 6.45) is 1.29. The number of nitro benzene ring substituents is 1. The van der Waals surface area contributed by atoms with E-state index in [1.165, 1.54) is 31.4 Å². The number of benzene rings is 2. The lowest BCUT2D eigenvalue weighted by molar-refractivity contribution is -0.384. The zero-order valence-corrected chi connectivity index (χ0v) is 18.2. The predicted octanol–water partition coefficient (Wildman–Crippen LogP) is 5.20. The molecule has 0 aliphatic carbocycles. The average molecular weight is 447 g/mol. The summed E-state index contributed by atoms with van der Waals surface area (Å²) in [5.41, 5.74) is 0.693. The van der Waals surface area contributed by atoms with Crippen molar-refractivity contribution in [2.24, 2.45) is 0 Å². The molecule has 2 aromatic carbocycles. The van der Waals surface area contributed by atoms with Gasteiger partial charge in [-0.1, -0.05) is 6.07 Å². The van der Waals surface area contributed by atoms with Crippen LogP contribution in [0.5, 0.6) is 11.5 Å². The first-order valence-corrected chi connectivity index (χ1v) is 9.93. The fourth-order valence-corrected chi connectivity index (χ4v) is 2.98. The van der Waals surface area contributed by atoms with Crippen LogP contribution in [0.4, 0.5) is 11.4 Å². The molecule has 1 N–H and O–H groups in total. The number of nitro groups is 1. The number of carbonyl (C=O) groups is 1. The lowest BCUT2D eigenvalue weighted by atomic mass is 10.1. The molecule has 0 saturated heterocycles. The number of nitriles is 1. The van der Waals surface area contributed by atoms with Gasteiger partial charge in [0, 0.05) is 23.9 Å². The van der Waals surface area contributed by atoms with Crippen molar-refractivity contribution in [1.82, 2.24) is 0 Å². The summed E-state index contributed by atoms with van der Waals surface area (Å²) in [4.78, 5) is 23.0.